The van der Waals surface area contributed by atoms with Gasteiger partial charge in [0.05, 0.1) is 17.5 Å². The highest BCUT2D eigenvalue weighted by molar-refractivity contribution is 6.07. The Balaban J connectivity index is 1.60. The van der Waals surface area contributed by atoms with Gasteiger partial charge < -0.3 is 20.4 Å². The molecule has 0 radical (unpaired) electrons. The highest BCUT2D eigenvalue weighted by Gasteiger charge is 2.18. The van der Waals surface area contributed by atoms with Crippen LogP contribution in [0.25, 0.3) is 22.2 Å². The number of nitrogens with one attached hydrogen (secondary N) is 3. The van der Waals surface area contributed by atoms with Crippen molar-refractivity contribution in [1.82, 2.24) is 10.3 Å². The van der Waals surface area contributed by atoms with Crippen LogP contribution in [0.15, 0.2) is 48.5 Å². The van der Waals surface area contributed by atoms with Crippen molar-refractivity contribution in [1.29, 1.82) is 0 Å². The molecule has 0 aliphatic carbocycles. The first-order valence-electron chi connectivity index (χ1n) is 8.74. The number of rotatable bonds is 4. The molecule has 1 saturated heterocycles. The summed E-state index contributed by atoms with van der Waals surface area (Å²) in [6.45, 7) is 1.24. The third-order valence-electron chi connectivity index (χ3n) is 4.59. The zero-order valence-corrected chi connectivity index (χ0v) is 14.2. The Morgan fingerprint density at radius 1 is 1.19 bits per heavy atom. The second-order valence-electron chi connectivity index (χ2n) is 6.40. The fourth-order valence-corrected chi connectivity index (χ4v) is 3.27. The maximum absolute atomic E-state index is 13.3. The SMILES string of the molecule is O=C(NCC1CCCO1)Nc1c(-c2ccc(F)cc2)[nH]c2ccccc12. The van der Waals surface area contributed by atoms with Crippen molar-refractivity contribution < 1.29 is 13.9 Å². The molecular weight excluding hydrogens is 333 g/mol. The lowest BCUT2D eigenvalue weighted by atomic mass is 10.1. The number of fused-ring (bicyclic) bond motifs is 1. The Morgan fingerprint density at radius 2 is 2.00 bits per heavy atom. The molecule has 1 aromatic heterocycles. The van der Waals surface area contributed by atoms with Crippen molar-refractivity contribution in [2.24, 2.45) is 0 Å². The van der Waals surface area contributed by atoms with Gasteiger partial charge >= 0.3 is 6.03 Å². The molecule has 3 aromatic rings. The van der Waals surface area contributed by atoms with Crippen molar-refractivity contribution >= 4 is 22.6 Å². The zero-order chi connectivity index (χ0) is 17.9. The fraction of sp³-hybridized carbons (Fsp3) is 0.250. The summed E-state index contributed by atoms with van der Waals surface area (Å²) in [6, 6.07) is 13.6. The predicted molar refractivity (Wildman–Crippen MR) is 99.7 cm³/mol. The van der Waals surface area contributed by atoms with Gasteiger partial charge in [0.1, 0.15) is 5.82 Å². The van der Waals surface area contributed by atoms with Gasteiger partial charge in [-0.15, -0.1) is 0 Å². The largest absolute Gasteiger partial charge is 0.376 e. The smallest absolute Gasteiger partial charge is 0.319 e. The second kappa shape index (κ2) is 7.17. The van der Waals surface area contributed by atoms with E-state index in [1.54, 1.807) is 12.1 Å². The summed E-state index contributed by atoms with van der Waals surface area (Å²) >= 11 is 0. The Kier molecular flexibility index (Phi) is 4.58. The molecule has 4 rings (SSSR count). The molecule has 6 heteroatoms. The van der Waals surface area contributed by atoms with E-state index in [-0.39, 0.29) is 18.0 Å². The van der Waals surface area contributed by atoms with E-state index in [1.165, 1.54) is 12.1 Å². The number of H-pyrrole nitrogens is 1. The van der Waals surface area contributed by atoms with Gasteiger partial charge in [-0.25, -0.2) is 9.18 Å². The molecular formula is C20H20FN3O2. The fourth-order valence-electron chi connectivity index (χ4n) is 3.27. The number of para-hydroxylation sites is 1. The van der Waals surface area contributed by atoms with Gasteiger partial charge in [-0.2, -0.15) is 0 Å². The lowest BCUT2D eigenvalue weighted by Gasteiger charge is -2.12. The van der Waals surface area contributed by atoms with Crippen LogP contribution in [-0.4, -0.2) is 30.3 Å². The number of hydrogen-bond acceptors (Lipinski definition) is 2. The van der Waals surface area contributed by atoms with Gasteiger partial charge in [0, 0.05) is 29.6 Å². The average molecular weight is 353 g/mol. The number of halogens is 1. The van der Waals surface area contributed by atoms with Crippen molar-refractivity contribution in [3.63, 3.8) is 0 Å². The summed E-state index contributed by atoms with van der Waals surface area (Å²) in [7, 11) is 0. The van der Waals surface area contributed by atoms with Crippen LogP contribution in [0.2, 0.25) is 0 Å². The minimum Gasteiger partial charge on any atom is -0.376 e. The van der Waals surface area contributed by atoms with Crippen molar-refractivity contribution in [3.8, 4) is 11.3 Å². The average Bonchev–Trinajstić information content (AvgIpc) is 3.29. The number of aromatic nitrogens is 1. The third-order valence-corrected chi connectivity index (χ3v) is 4.59. The number of amides is 2. The molecule has 2 amide bonds. The van der Waals surface area contributed by atoms with Crippen LogP contribution in [0.3, 0.4) is 0 Å². The molecule has 1 unspecified atom stereocenters. The minimum absolute atomic E-state index is 0.0836. The highest BCUT2D eigenvalue weighted by atomic mass is 19.1. The molecule has 1 fully saturated rings. The van der Waals surface area contributed by atoms with Crippen LogP contribution in [0, 0.1) is 5.82 Å². The number of carbonyl (C=O) groups is 1. The quantitative estimate of drug-likeness (QED) is 0.656. The maximum Gasteiger partial charge on any atom is 0.319 e. The molecule has 1 aliphatic heterocycles. The topological polar surface area (TPSA) is 66.2 Å². The molecule has 1 aliphatic rings. The molecule has 2 aromatic carbocycles. The van der Waals surface area contributed by atoms with Crippen LogP contribution in [-0.2, 0) is 4.74 Å². The molecule has 1 atom stereocenters. The molecule has 0 saturated carbocycles. The summed E-state index contributed by atoms with van der Waals surface area (Å²) in [5.41, 5.74) is 3.13. The number of anilines is 1. The molecule has 5 nitrogen and oxygen atoms in total. The Bertz CT molecular complexity index is 914. The van der Waals surface area contributed by atoms with E-state index < -0.39 is 0 Å². The van der Waals surface area contributed by atoms with E-state index in [4.69, 9.17) is 4.74 Å². The van der Waals surface area contributed by atoms with E-state index in [1.807, 2.05) is 24.3 Å². The first-order chi connectivity index (χ1) is 12.7. The highest BCUT2D eigenvalue weighted by Crippen LogP contribution is 2.35. The number of benzene rings is 2. The number of aromatic amines is 1. The standard InChI is InChI=1S/C20H20FN3O2/c21-14-9-7-13(8-10-14)18-19(16-5-1-2-6-17(16)23-18)24-20(25)22-12-15-4-3-11-26-15/h1-2,5-10,15,23H,3-4,11-12H2,(H2,22,24,25). The van der Waals surface area contributed by atoms with E-state index in [0.29, 0.717) is 12.2 Å². The minimum atomic E-state index is -0.298. The van der Waals surface area contributed by atoms with Gasteiger partial charge in [0.2, 0.25) is 0 Å². The van der Waals surface area contributed by atoms with Gasteiger partial charge in [-0.05, 0) is 43.2 Å². The summed E-state index contributed by atoms with van der Waals surface area (Å²) < 4.78 is 18.8. The van der Waals surface area contributed by atoms with Crippen molar-refractivity contribution in [3.05, 3.63) is 54.3 Å². The molecule has 0 spiro atoms. The Hall–Kier alpha value is -2.86. The molecule has 26 heavy (non-hydrogen) atoms. The van der Waals surface area contributed by atoms with E-state index in [2.05, 4.69) is 15.6 Å². The lowest BCUT2D eigenvalue weighted by Crippen LogP contribution is -2.35. The molecule has 134 valence electrons. The summed E-state index contributed by atoms with van der Waals surface area (Å²) in [6.07, 6.45) is 2.08. The van der Waals surface area contributed by atoms with Crippen LogP contribution >= 0.6 is 0 Å². The van der Waals surface area contributed by atoms with Gasteiger partial charge in [-0.3, -0.25) is 0 Å². The number of carbonyl (C=O) groups excluding carboxylic acids is 1. The molecule has 2 heterocycles. The summed E-state index contributed by atoms with van der Waals surface area (Å²) in [5, 5.41) is 6.71. The Labute approximate surface area is 150 Å². The number of urea groups is 1. The first kappa shape index (κ1) is 16.6. The molecule has 3 N–H and O–H groups in total. The normalized spacial score (nSPS) is 16.7. The monoisotopic (exact) mass is 353 g/mol. The Morgan fingerprint density at radius 3 is 2.77 bits per heavy atom. The number of hydrogen-bond donors (Lipinski definition) is 3. The van der Waals surface area contributed by atoms with Crippen LogP contribution in [0.1, 0.15) is 12.8 Å². The van der Waals surface area contributed by atoms with Gasteiger partial charge in [0.25, 0.3) is 0 Å². The summed E-state index contributed by atoms with van der Waals surface area (Å²) in [5.74, 6) is -0.298. The van der Waals surface area contributed by atoms with Crippen molar-refractivity contribution in [2.75, 3.05) is 18.5 Å². The van der Waals surface area contributed by atoms with Crippen LogP contribution in [0.4, 0.5) is 14.9 Å². The van der Waals surface area contributed by atoms with Crippen molar-refractivity contribution in [2.45, 2.75) is 18.9 Å². The van der Waals surface area contributed by atoms with Gasteiger partial charge in [0.15, 0.2) is 0 Å². The maximum atomic E-state index is 13.3. The number of ether oxygens (including phenoxy) is 1. The van der Waals surface area contributed by atoms with E-state index >= 15 is 0 Å². The van der Waals surface area contributed by atoms with E-state index in [0.717, 1.165) is 41.6 Å². The van der Waals surface area contributed by atoms with E-state index in [9.17, 15) is 9.18 Å². The van der Waals surface area contributed by atoms with Gasteiger partial charge in [-0.1, -0.05) is 18.2 Å². The first-order valence-corrected chi connectivity index (χ1v) is 8.74. The lowest BCUT2D eigenvalue weighted by molar-refractivity contribution is 0.112. The van der Waals surface area contributed by atoms with Crippen LogP contribution in [0.5, 0.6) is 0 Å². The summed E-state index contributed by atoms with van der Waals surface area (Å²) in [4.78, 5) is 15.7. The second-order valence-corrected chi connectivity index (χ2v) is 6.40. The molecule has 0 bridgehead atoms. The van der Waals surface area contributed by atoms with Crippen LogP contribution < -0.4 is 10.6 Å². The zero-order valence-electron chi connectivity index (χ0n) is 14.2. The third kappa shape index (κ3) is 3.41. The predicted octanol–water partition coefficient (Wildman–Crippen LogP) is 4.27.